The lowest BCUT2D eigenvalue weighted by molar-refractivity contribution is -0.0521. The number of ether oxygens (including phenoxy) is 3. The second-order valence-corrected chi connectivity index (χ2v) is 3.83. The summed E-state index contributed by atoms with van der Waals surface area (Å²) in [6, 6.07) is 5.21. The Balaban J connectivity index is 2.55. The molecule has 0 radical (unpaired) electrons. The average Bonchev–Trinajstić information content (AvgIpc) is 2.22. The zero-order valence-electron chi connectivity index (χ0n) is 10.0. The Morgan fingerprint density at radius 3 is 2.76 bits per heavy atom. The van der Waals surface area contributed by atoms with E-state index in [1.165, 1.54) is 0 Å². The fraction of sp³-hybridized carbons (Fsp3) is 0.417. The minimum atomic E-state index is -0.744. The van der Waals surface area contributed by atoms with Crippen molar-refractivity contribution in [3.8, 4) is 5.75 Å². The first-order valence-corrected chi connectivity index (χ1v) is 5.67. The molecule has 1 rings (SSSR count). The van der Waals surface area contributed by atoms with Crippen molar-refractivity contribution in [3.05, 3.63) is 28.8 Å². The van der Waals surface area contributed by atoms with Crippen LogP contribution in [0.25, 0.3) is 0 Å². The molecule has 94 valence electrons. The van der Waals surface area contributed by atoms with Gasteiger partial charge in [0.15, 0.2) is 0 Å². The minimum Gasteiger partial charge on any atom is -0.455 e. The highest BCUT2D eigenvalue weighted by Gasteiger charge is 2.12. The van der Waals surface area contributed by atoms with E-state index in [1.807, 2.05) is 6.92 Å². The smallest absolute Gasteiger partial charge is 0.455 e. The Morgan fingerprint density at radius 2 is 2.18 bits per heavy atom. The van der Waals surface area contributed by atoms with Gasteiger partial charge in [0.1, 0.15) is 5.75 Å². The maximum absolute atomic E-state index is 11.0. The molecule has 0 aromatic heterocycles. The van der Waals surface area contributed by atoms with Crippen LogP contribution in [-0.4, -0.2) is 19.1 Å². The first-order valence-electron chi connectivity index (χ1n) is 5.29. The van der Waals surface area contributed by atoms with E-state index in [-0.39, 0.29) is 6.61 Å². The number of carbonyl (C=O) groups is 1. The second kappa shape index (κ2) is 6.35. The Morgan fingerprint density at radius 1 is 1.47 bits per heavy atom. The first-order chi connectivity index (χ1) is 8.02. The molecule has 0 aliphatic heterocycles. The van der Waals surface area contributed by atoms with Gasteiger partial charge >= 0.3 is 6.16 Å². The Bertz CT molecular complexity index is 392. The van der Waals surface area contributed by atoms with E-state index in [4.69, 9.17) is 21.1 Å². The van der Waals surface area contributed by atoms with Gasteiger partial charge < -0.3 is 14.2 Å². The summed E-state index contributed by atoms with van der Waals surface area (Å²) >= 11 is 5.82. The van der Waals surface area contributed by atoms with E-state index in [0.29, 0.717) is 10.8 Å². The molecule has 0 spiro atoms. The Kier molecular flexibility index (Phi) is 5.10. The maximum Gasteiger partial charge on any atom is 0.511 e. The molecular formula is C12H15ClO4. The predicted octanol–water partition coefficient (Wildman–Crippen LogP) is 3.55. The van der Waals surface area contributed by atoms with Crippen LogP contribution in [0.1, 0.15) is 19.4 Å². The molecule has 1 unspecified atom stereocenters. The maximum atomic E-state index is 11.0. The van der Waals surface area contributed by atoms with Crippen molar-refractivity contribution in [2.24, 2.45) is 0 Å². The molecule has 0 heterocycles. The van der Waals surface area contributed by atoms with Gasteiger partial charge in [0.2, 0.25) is 6.29 Å². The third kappa shape index (κ3) is 4.53. The molecule has 1 aromatic rings. The normalized spacial score (nSPS) is 11.8. The van der Waals surface area contributed by atoms with Crippen LogP contribution in [0.3, 0.4) is 0 Å². The summed E-state index contributed by atoms with van der Waals surface area (Å²) < 4.78 is 14.9. The van der Waals surface area contributed by atoms with Crippen LogP contribution in [0.2, 0.25) is 5.02 Å². The summed E-state index contributed by atoms with van der Waals surface area (Å²) in [7, 11) is 0. The highest BCUT2D eigenvalue weighted by atomic mass is 35.5. The molecule has 0 saturated carbocycles. The second-order valence-electron chi connectivity index (χ2n) is 3.40. The van der Waals surface area contributed by atoms with Crippen molar-refractivity contribution in [2.45, 2.75) is 27.1 Å². The largest absolute Gasteiger partial charge is 0.511 e. The SMILES string of the molecule is CCOC(=O)OC(C)Oc1ccc(Cl)cc1C. The topological polar surface area (TPSA) is 44.8 Å². The molecule has 0 fully saturated rings. The molecular weight excluding hydrogens is 244 g/mol. The van der Waals surface area contributed by atoms with Gasteiger partial charge in [-0.25, -0.2) is 4.79 Å². The van der Waals surface area contributed by atoms with E-state index in [9.17, 15) is 4.79 Å². The summed E-state index contributed by atoms with van der Waals surface area (Å²) in [5.41, 5.74) is 0.872. The zero-order chi connectivity index (χ0) is 12.8. The number of hydrogen-bond donors (Lipinski definition) is 0. The third-order valence-corrected chi connectivity index (χ3v) is 2.19. The zero-order valence-corrected chi connectivity index (χ0v) is 10.8. The Labute approximate surface area is 105 Å². The van der Waals surface area contributed by atoms with Crippen LogP contribution >= 0.6 is 11.6 Å². The fourth-order valence-electron chi connectivity index (χ4n) is 1.24. The number of carbonyl (C=O) groups excluding carboxylic acids is 1. The lowest BCUT2D eigenvalue weighted by Crippen LogP contribution is -2.21. The average molecular weight is 259 g/mol. The van der Waals surface area contributed by atoms with Gasteiger partial charge in [-0.2, -0.15) is 0 Å². The van der Waals surface area contributed by atoms with E-state index >= 15 is 0 Å². The summed E-state index contributed by atoms with van der Waals surface area (Å²) in [5, 5.41) is 0.633. The van der Waals surface area contributed by atoms with Crippen molar-refractivity contribution in [1.29, 1.82) is 0 Å². The Hall–Kier alpha value is -1.42. The molecule has 5 heteroatoms. The van der Waals surface area contributed by atoms with E-state index in [1.54, 1.807) is 32.0 Å². The van der Waals surface area contributed by atoms with Gasteiger partial charge in [-0.3, -0.25) is 0 Å². The van der Waals surface area contributed by atoms with Crippen LogP contribution in [0.4, 0.5) is 4.79 Å². The molecule has 0 bridgehead atoms. The predicted molar refractivity (Wildman–Crippen MR) is 64.4 cm³/mol. The molecule has 17 heavy (non-hydrogen) atoms. The molecule has 1 atom stereocenters. The number of benzene rings is 1. The third-order valence-electron chi connectivity index (χ3n) is 1.95. The summed E-state index contributed by atoms with van der Waals surface area (Å²) in [6.45, 7) is 5.45. The molecule has 0 aliphatic rings. The van der Waals surface area contributed by atoms with Gasteiger partial charge in [0.25, 0.3) is 0 Å². The van der Waals surface area contributed by atoms with Crippen LogP contribution in [0.15, 0.2) is 18.2 Å². The van der Waals surface area contributed by atoms with E-state index < -0.39 is 12.4 Å². The lowest BCUT2D eigenvalue weighted by atomic mass is 10.2. The summed E-state index contributed by atoms with van der Waals surface area (Å²) in [6.07, 6.45) is -1.46. The van der Waals surface area contributed by atoms with Crippen LogP contribution < -0.4 is 4.74 Å². The number of hydrogen-bond acceptors (Lipinski definition) is 4. The van der Waals surface area contributed by atoms with Gasteiger partial charge in [-0.1, -0.05) is 11.6 Å². The van der Waals surface area contributed by atoms with Gasteiger partial charge in [0, 0.05) is 11.9 Å². The van der Waals surface area contributed by atoms with Crippen molar-refractivity contribution < 1.29 is 19.0 Å². The molecule has 0 amide bonds. The van der Waals surface area contributed by atoms with Gasteiger partial charge in [0.05, 0.1) is 6.61 Å². The standard InChI is InChI=1S/C12H15ClO4/c1-4-15-12(14)17-9(3)16-11-6-5-10(13)7-8(11)2/h5-7,9H,4H2,1-3H3. The minimum absolute atomic E-state index is 0.269. The molecule has 0 saturated heterocycles. The van der Waals surface area contributed by atoms with Gasteiger partial charge in [-0.15, -0.1) is 0 Å². The fourth-order valence-corrected chi connectivity index (χ4v) is 1.46. The lowest BCUT2D eigenvalue weighted by Gasteiger charge is -2.16. The summed E-state index contributed by atoms with van der Waals surface area (Å²) in [5.74, 6) is 0.617. The monoisotopic (exact) mass is 258 g/mol. The highest BCUT2D eigenvalue weighted by molar-refractivity contribution is 6.30. The van der Waals surface area contributed by atoms with Crippen molar-refractivity contribution in [3.63, 3.8) is 0 Å². The van der Waals surface area contributed by atoms with Crippen molar-refractivity contribution >= 4 is 17.8 Å². The molecule has 1 aromatic carbocycles. The highest BCUT2D eigenvalue weighted by Crippen LogP contribution is 2.22. The number of aryl methyl sites for hydroxylation is 1. The molecule has 0 N–H and O–H groups in total. The van der Waals surface area contributed by atoms with E-state index in [0.717, 1.165) is 5.56 Å². The quantitative estimate of drug-likeness (QED) is 0.612. The van der Waals surface area contributed by atoms with Crippen molar-refractivity contribution in [2.75, 3.05) is 6.61 Å². The first kappa shape index (κ1) is 13.6. The molecule has 4 nitrogen and oxygen atoms in total. The van der Waals surface area contributed by atoms with Gasteiger partial charge in [-0.05, 0) is 37.6 Å². The van der Waals surface area contributed by atoms with Crippen LogP contribution in [0.5, 0.6) is 5.75 Å². The number of halogens is 1. The van der Waals surface area contributed by atoms with Crippen LogP contribution in [-0.2, 0) is 9.47 Å². The number of rotatable bonds is 4. The summed E-state index contributed by atoms with van der Waals surface area (Å²) in [4.78, 5) is 11.0. The molecule has 0 aliphatic carbocycles. The van der Waals surface area contributed by atoms with Crippen LogP contribution in [0, 0.1) is 6.92 Å². The van der Waals surface area contributed by atoms with Crippen molar-refractivity contribution in [1.82, 2.24) is 0 Å². The van der Waals surface area contributed by atoms with E-state index in [2.05, 4.69) is 4.74 Å².